The van der Waals surface area contributed by atoms with Gasteiger partial charge < -0.3 is 19.3 Å². The molecule has 2 unspecified atom stereocenters. The maximum atomic E-state index is 12.4. The van der Waals surface area contributed by atoms with E-state index in [9.17, 15) is 15.2 Å². The molecule has 0 saturated carbocycles. The van der Waals surface area contributed by atoms with E-state index in [1.807, 2.05) is 69.3 Å². The molecule has 162 valence electrons. The average molecular weight is 421 g/mol. The summed E-state index contributed by atoms with van der Waals surface area (Å²) in [6, 6.07) is 18.8. The third-order valence-electron chi connectivity index (χ3n) is 5.90. The monoisotopic (exact) mass is 421 g/mol. The predicted molar refractivity (Wildman–Crippen MR) is 115 cm³/mol. The van der Waals surface area contributed by atoms with Gasteiger partial charge in [0.25, 0.3) is 0 Å². The van der Waals surface area contributed by atoms with Crippen LogP contribution in [0.2, 0.25) is 0 Å². The molecule has 1 heterocycles. The largest absolute Gasteiger partial charge is 0.514 e. The van der Waals surface area contributed by atoms with Gasteiger partial charge in [-0.2, -0.15) is 5.26 Å². The van der Waals surface area contributed by atoms with Crippen molar-refractivity contribution in [2.75, 3.05) is 6.61 Å². The molecule has 1 saturated heterocycles. The number of carbonyl (C=O) groups is 1. The van der Waals surface area contributed by atoms with Gasteiger partial charge in [0.15, 0.2) is 0 Å². The Morgan fingerprint density at radius 1 is 1.23 bits per heavy atom. The van der Waals surface area contributed by atoms with Crippen LogP contribution in [0.15, 0.2) is 66.4 Å². The van der Waals surface area contributed by atoms with Crippen LogP contribution >= 0.6 is 0 Å². The quantitative estimate of drug-likeness (QED) is 0.402. The minimum Gasteiger partial charge on any atom is -0.514 e. The first-order valence-corrected chi connectivity index (χ1v) is 10.2. The van der Waals surface area contributed by atoms with Gasteiger partial charge in [-0.1, -0.05) is 55.0 Å². The third-order valence-corrected chi connectivity index (χ3v) is 5.90. The van der Waals surface area contributed by atoms with Crippen LogP contribution in [0.3, 0.4) is 0 Å². The molecule has 6 nitrogen and oxygen atoms in total. The van der Waals surface area contributed by atoms with Crippen molar-refractivity contribution < 1.29 is 24.1 Å². The lowest BCUT2D eigenvalue weighted by molar-refractivity contribution is -0.0904. The van der Waals surface area contributed by atoms with Gasteiger partial charge in [-0.3, -0.25) is 0 Å². The van der Waals surface area contributed by atoms with Crippen LogP contribution in [0.1, 0.15) is 35.3 Å². The van der Waals surface area contributed by atoms with Gasteiger partial charge in [0.2, 0.25) is 0 Å². The van der Waals surface area contributed by atoms with Crippen molar-refractivity contribution in [2.24, 2.45) is 5.92 Å². The topological polar surface area (TPSA) is 88.8 Å². The van der Waals surface area contributed by atoms with E-state index in [0.29, 0.717) is 12.2 Å². The molecule has 4 atom stereocenters. The van der Waals surface area contributed by atoms with Crippen molar-refractivity contribution >= 4 is 5.97 Å². The Hall–Kier alpha value is -3.14. The van der Waals surface area contributed by atoms with Gasteiger partial charge in [0.1, 0.15) is 24.4 Å². The zero-order valence-corrected chi connectivity index (χ0v) is 17.9. The highest BCUT2D eigenvalue weighted by atomic mass is 16.6. The summed E-state index contributed by atoms with van der Waals surface area (Å²) in [6.45, 7) is 6.07. The Kier molecular flexibility index (Phi) is 7.11. The first-order valence-electron chi connectivity index (χ1n) is 10.2. The highest BCUT2D eigenvalue weighted by Gasteiger charge is 2.54. The van der Waals surface area contributed by atoms with Crippen molar-refractivity contribution in [1.82, 2.24) is 0 Å². The molecule has 0 amide bonds. The van der Waals surface area contributed by atoms with Gasteiger partial charge in [-0.05, 0) is 31.5 Å². The van der Waals surface area contributed by atoms with Crippen molar-refractivity contribution in [1.29, 1.82) is 5.26 Å². The second-order valence-corrected chi connectivity index (χ2v) is 7.96. The fourth-order valence-corrected chi connectivity index (χ4v) is 3.71. The summed E-state index contributed by atoms with van der Waals surface area (Å²) in [7, 11) is 0. The number of hydrogen-bond acceptors (Lipinski definition) is 6. The minimum absolute atomic E-state index is 0.0127. The molecule has 0 bridgehead atoms. The van der Waals surface area contributed by atoms with Gasteiger partial charge in [-0.15, -0.1) is 0 Å². The molecule has 0 aliphatic carbocycles. The maximum absolute atomic E-state index is 12.4. The fourth-order valence-electron chi connectivity index (χ4n) is 3.71. The van der Waals surface area contributed by atoms with Crippen LogP contribution in [-0.2, 0) is 20.8 Å². The number of ether oxygens (including phenoxy) is 3. The highest BCUT2D eigenvalue weighted by Crippen LogP contribution is 2.42. The normalized spacial score (nSPS) is 25.7. The molecular weight excluding hydrogens is 394 g/mol. The molecule has 0 spiro atoms. The number of benzene rings is 2. The number of nitriles is 1. The smallest absolute Gasteiger partial charge is 0.338 e. The van der Waals surface area contributed by atoms with E-state index in [0.717, 1.165) is 17.4 Å². The van der Waals surface area contributed by atoms with E-state index in [-0.39, 0.29) is 18.1 Å². The third kappa shape index (κ3) is 4.96. The molecular formula is C25H27NO5. The number of aliphatic hydroxyl groups is 1. The summed E-state index contributed by atoms with van der Waals surface area (Å²) in [5.74, 6) is -0.653. The minimum atomic E-state index is -0.902. The predicted octanol–water partition coefficient (Wildman–Crippen LogP) is 4.50. The van der Waals surface area contributed by atoms with E-state index in [1.165, 1.54) is 0 Å². The van der Waals surface area contributed by atoms with E-state index in [4.69, 9.17) is 14.2 Å². The molecule has 3 rings (SSSR count). The molecule has 2 aromatic carbocycles. The lowest BCUT2D eigenvalue weighted by Crippen LogP contribution is -2.44. The van der Waals surface area contributed by atoms with Crippen LogP contribution < -0.4 is 0 Å². The number of nitrogens with zero attached hydrogens (tertiary/aromatic N) is 1. The van der Waals surface area contributed by atoms with E-state index >= 15 is 0 Å². The SMILES string of the molecule is Cc1ccc(C(=O)OCC2OC(/C(C#N)=C/O)[C@](C)(OCc3ccccc3)[C@@H]2C)cc1. The number of carbonyl (C=O) groups excluding carboxylic acids is 1. The first-order chi connectivity index (χ1) is 14.9. The summed E-state index contributed by atoms with van der Waals surface area (Å²) in [5.41, 5.74) is 1.66. The number of aliphatic hydroxyl groups excluding tert-OH is 1. The second-order valence-electron chi connectivity index (χ2n) is 7.96. The molecule has 0 aromatic heterocycles. The lowest BCUT2D eigenvalue weighted by Gasteiger charge is -2.33. The molecule has 0 radical (unpaired) electrons. The van der Waals surface area contributed by atoms with E-state index in [2.05, 4.69) is 0 Å². The Labute approximate surface area is 182 Å². The summed E-state index contributed by atoms with van der Waals surface area (Å²) in [5, 5.41) is 19.0. The first kappa shape index (κ1) is 22.5. The van der Waals surface area contributed by atoms with Crippen molar-refractivity contribution in [3.8, 4) is 6.07 Å². The van der Waals surface area contributed by atoms with Gasteiger partial charge in [-0.25, -0.2) is 4.79 Å². The molecule has 31 heavy (non-hydrogen) atoms. The summed E-state index contributed by atoms with van der Waals surface area (Å²) in [4.78, 5) is 12.4. The second kappa shape index (κ2) is 9.78. The number of hydrogen-bond donors (Lipinski definition) is 1. The number of aryl methyl sites for hydroxylation is 1. The zero-order chi connectivity index (χ0) is 22.4. The molecule has 2 aromatic rings. The Balaban J connectivity index is 1.74. The molecule has 1 N–H and O–H groups in total. The number of rotatable bonds is 7. The molecule has 1 aliphatic rings. The van der Waals surface area contributed by atoms with Crippen LogP contribution in [0.4, 0.5) is 0 Å². The highest BCUT2D eigenvalue weighted by molar-refractivity contribution is 5.89. The van der Waals surface area contributed by atoms with Crippen LogP contribution in [0.25, 0.3) is 0 Å². The maximum Gasteiger partial charge on any atom is 0.338 e. The molecule has 1 aliphatic heterocycles. The fraction of sp³-hybridized carbons (Fsp3) is 0.360. The molecule has 1 fully saturated rings. The summed E-state index contributed by atoms with van der Waals surface area (Å²) < 4.78 is 17.8. The molecule has 6 heteroatoms. The van der Waals surface area contributed by atoms with Crippen LogP contribution in [0, 0.1) is 24.2 Å². The van der Waals surface area contributed by atoms with Gasteiger partial charge >= 0.3 is 5.97 Å². The zero-order valence-electron chi connectivity index (χ0n) is 17.9. The van der Waals surface area contributed by atoms with Crippen LogP contribution in [-0.4, -0.2) is 35.5 Å². The van der Waals surface area contributed by atoms with Gasteiger partial charge in [0.05, 0.1) is 30.1 Å². The number of esters is 1. The van der Waals surface area contributed by atoms with Crippen molar-refractivity contribution in [3.05, 3.63) is 83.1 Å². The van der Waals surface area contributed by atoms with Gasteiger partial charge in [0, 0.05) is 5.92 Å². The lowest BCUT2D eigenvalue weighted by atomic mass is 9.83. The standard InChI is InChI=1S/C25H27NO5/c1-17-9-11-20(12-10-17)24(28)29-16-22-18(2)25(3,23(31-22)21(13-26)14-27)30-15-19-7-5-4-6-8-19/h4-12,14,18,22-23,27H,15-16H2,1-3H3/b21-14+/t18-,22?,23?,25-/m1/s1. The Morgan fingerprint density at radius 2 is 1.90 bits per heavy atom. The van der Waals surface area contributed by atoms with E-state index in [1.54, 1.807) is 12.1 Å². The van der Waals surface area contributed by atoms with Crippen molar-refractivity contribution in [3.63, 3.8) is 0 Å². The summed E-state index contributed by atoms with van der Waals surface area (Å²) >= 11 is 0. The van der Waals surface area contributed by atoms with Crippen LogP contribution in [0.5, 0.6) is 0 Å². The average Bonchev–Trinajstić information content (AvgIpc) is 3.04. The summed E-state index contributed by atoms with van der Waals surface area (Å²) in [6.07, 6.45) is -0.532. The van der Waals surface area contributed by atoms with E-state index < -0.39 is 23.8 Å². The Bertz CT molecular complexity index is 964. The Morgan fingerprint density at radius 3 is 2.52 bits per heavy atom. The van der Waals surface area contributed by atoms with Crippen molar-refractivity contribution in [2.45, 2.75) is 45.2 Å².